The van der Waals surface area contributed by atoms with Gasteiger partial charge >= 0.3 is 0 Å². The number of carbonyl (C=O) groups excluding carboxylic acids is 1. The summed E-state index contributed by atoms with van der Waals surface area (Å²) < 4.78 is 11.3. The Morgan fingerprint density at radius 3 is 2.04 bits per heavy atom. The molecule has 4 rings (SSSR count). The fourth-order valence-corrected chi connectivity index (χ4v) is 5.07. The van der Waals surface area contributed by atoms with Gasteiger partial charge in [0.2, 0.25) is 0 Å². The highest BCUT2D eigenvalue weighted by Crippen LogP contribution is 2.46. The SMILES string of the molecule is Cc1cc2c(cc1C(=O)N(C)C1C[C@H]3CC(N(C)C)C[C@H]3C1)OCCO2. The standard InChI is InChI=1S/C21H30N2O3/c1-13-7-19-20(26-6-5-25-19)12-18(13)21(24)23(4)17-10-14-8-16(22(2)3)9-15(14)11-17/h7,12,14-17H,5-6,8-11H2,1-4H3/t14-,15+,16?,17?. The van der Waals surface area contributed by atoms with Crippen molar-refractivity contribution in [1.82, 2.24) is 9.80 Å². The van der Waals surface area contributed by atoms with E-state index in [1.807, 2.05) is 31.0 Å². The van der Waals surface area contributed by atoms with E-state index in [9.17, 15) is 4.79 Å². The summed E-state index contributed by atoms with van der Waals surface area (Å²) in [7, 11) is 6.33. The average Bonchev–Trinajstić information content (AvgIpc) is 3.19. The van der Waals surface area contributed by atoms with Crippen molar-refractivity contribution in [3.8, 4) is 11.5 Å². The molecule has 5 nitrogen and oxygen atoms in total. The van der Waals surface area contributed by atoms with Crippen molar-refractivity contribution in [3.63, 3.8) is 0 Å². The van der Waals surface area contributed by atoms with E-state index >= 15 is 0 Å². The lowest BCUT2D eigenvalue weighted by atomic mass is 10.0. The fraction of sp³-hybridized carbons (Fsp3) is 0.667. The molecule has 0 spiro atoms. The maximum Gasteiger partial charge on any atom is 0.254 e. The molecule has 1 amide bonds. The van der Waals surface area contributed by atoms with Gasteiger partial charge in [0.25, 0.3) is 5.91 Å². The van der Waals surface area contributed by atoms with Gasteiger partial charge in [-0.2, -0.15) is 0 Å². The Balaban J connectivity index is 1.46. The first-order valence-electron chi connectivity index (χ1n) is 9.78. The first-order valence-corrected chi connectivity index (χ1v) is 9.78. The predicted molar refractivity (Wildman–Crippen MR) is 101 cm³/mol. The van der Waals surface area contributed by atoms with E-state index < -0.39 is 0 Å². The summed E-state index contributed by atoms with van der Waals surface area (Å²) in [6.45, 7) is 3.08. The smallest absolute Gasteiger partial charge is 0.254 e. The molecule has 0 radical (unpaired) electrons. The fourth-order valence-electron chi connectivity index (χ4n) is 5.07. The van der Waals surface area contributed by atoms with Gasteiger partial charge in [-0.15, -0.1) is 0 Å². The van der Waals surface area contributed by atoms with Gasteiger partial charge < -0.3 is 19.3 Å². The number of ether oxygens (including phenoxy) is 2. The Kier molecular flexibility index (Phi) is 4.59. The number of fused-ring (bicyclic) bond motifs is 2. The zero-order valence-electron chi connectivity index (χ0n) is 16.3. The first-order chi connectivity index (χ1) is 12.4. The first kappa shape index (κ1) is 17.7. The molecule has 0 N–H and O–H groups in total. The number of rotatable bonds is 3. The van der Waals surface area contributed by atoms with Crippen LogP contribution in [0.1, 0.15) is 41.6 Å². The van der Waals surface area contributed by atoms with Gasteiger partial charge in [0, 0.05) is 24.7 Å². The van der Waals surface area contributed by atoms with E-state index in [4.69, 9.17) is 9.47 Å². The zero-order valence-corrected chi connectivity index (χ0v) is 16.3. The summed E-state index contributed by atoms with van der Waals surface area (Å²) in [6.07, 6.45) is 4.83. The van der Waals surface area contributed by atoms with Crippen molar-refractivity contribution in [1.29, 1.82) is 0 Å². The molecule has 2 unspecified atom stereocenters. The molecule has 4 atom stereocenters. The Morgan fingerprint density at radius 2 is 1.46 bits per heavy atom. The van der Waals surface area contributed by atoms with Gasteiger partial charge in [-0.3, -0.25) is 4.79 Å². The number of hydrogen-bond donors (Lipinski definition) is 0. The number of nitrogens with zero attached hydrogens (tertiary/aromatic N) is 2. The molecular weight excluding hydrogens is 328 g/mol. The minimum atomic E-state index is 0.105. The van der Waals surface area contributed by atoms with Crippen LogP contribution in [0.25, 0.3) is 0 Å². The van der Waals surface area contributed by atoms with Gasteiger partial charge in [-0.25, -0.2) is 0 Å². The van der Waals surface area contributed by atoms with Crippen molar-refractivity contribution in [2.45, 2.75) is 44.7 Å². The van der Waals surface area contributed by atoms with Gasteiger partial charge in [0.05, 0.1) is 0 Å². The summed E-state index contributed by atoms with van der Waals surface area (Å²) in [5.41, 5.74) is 1.69. The maximum atomic E-state index is 13.2. The van der Waals surface area contributed by atoms with Gasteiger partial charge in [-0.05, 0) is 76.2 Å². The molecular formula is C21H30N2O3. The summed E-state index contributed by atoms with van der Waals surface area (Å²) in [4.78, 5) is 17.5. The van der Waals surface area contributed by atoms with Crippen LogP contribution in [0.3, 0.4) is 0 Å². The van der Waals surface area contributed by atoms with E-state index in [1.165, 1.54) is 12.8 Å². The summed E-state index contributed by atoms with van der Waals surface area (Å²) >= 11 is 0. The van der Waals surface area contributed by atoms with E-state index in [0.717, 1.165) is 41.6 Å². The van der Waals surface area contributed by atoms with E-state index in [1.54, 1.807) is 0 Å². The molecule has 0 bridgehead atoms. The second kappa shape index (κ2) is 6.76. The molecule has 3 aliphatic rings. The van der Waals surface area contributed by atoms with E-state index in [-0.39, 0.29) is 5.91 Å². The Morgan fingerprint density at radius 1 is 0.923 bits per heavy atom. The van der Waals surface area contributed by atoms with E-state index in [0.29, 0.717) is 31.0 Å². The third-order valence-corrected chi connectivity index (χ3v) is 6.68. The highest BCUT2D eigenvalue weighted by atomic mass is 16.6. The molecule has 142 valence electrons. The largest absolute Gasteiger partial charge is 0.486 e. The van der Waals surface area contributed by atoms with Crippen molar-refractivity contribution in [2.24, 2.45) is 11.8 Å². The molecule has 2 fully saturated rings. The molecule has 0 saturated heterocycles. The molecule has 1 aromatic rings. The van der Waals surface area contributed by atoms with Crippen LogP contribution in [0.5, 0.6) is 11.5 Å². The minimum absolute atomic E-state index is 0.105. The molecule has 5 heteroatoms. The maximum absolute atomic E-state index is 13.2. The molecule has 26 heavy (non-hydrogen) atoms. The van der Waals surface area contributed by atoms with Crippen LogP contribution in [-0.4, -0.2) is 62.1 Å². The second-order valence-corrected chi connectivity index (χ2v) is 8.46. The molecule has 2 aliphatic carbocycles. The number of amides is 1. The quantitative estimate of drug-likeness (QED) is 0.833. The lowest BCUT2D eigenvalue weighted by molar-refractivity contribution is 0.0724. The molecule has 2 saturated carbocycles. The van der Waals surface area contributed by atoms with Crippen molar-refractivity contribution >= 4 is 5.91 Å². The average molecular weight is 358 g/mol. The van der Waals surface area contributed by atoms with Crippen molar-refractivity contribution in [3.05, 3.63) is 23.3 Å². The second-order valence-electron chi connectivity index (χ2n) is 8.46. The van der Waals surface area contributed by atoms with Crippen LogP contribution in [0, 0.1) is 18.8 Å². The van der Waals surface area contributed by atoms with Gasteiger partial charge in [0.1, 0.15) is 13.2 Å². The summed E-state index contributed by atoms with van der Waals surface area (Å²) in [5.74, 6) is 3.08. The van der Waals surface area contributed by atoms with Crippen molar-refractivity contribution < 1.29 is 14.3 Å². The van der Waals surface area contributed by atoms with Crippen molar-refractivity contribution in [2.75, 3.05) is 34.4 Å². The lowest BCUT2D eigenvalue weighted by Crippen LogP contribution is -2.37. The number of benzene rings is 1. The zero-order chi connectivity index (χ0) is 18.4. The number of aryl methyl sites for hydroxylation is 1. The van der Waals surface area contributed by atoms with Crippen LogP contribution in [0.15, 0.2) is 12.1 Å². The number of hydrogen-bond acceptors (Lipinski definition) is 4. The highest BCUT2D eigenvalue weighted by molar-refractivity contribution is 5.96. The van der Waals surface area contributed by atoms with Crippen LogP contribution in [-0.2, 0) is 0 Å². The summed E-state index contributed by atoms with van der Waals surface area (Å²) in [6, 6.07) is 4.86. The number of carbonyl (C=O) groups is 1. The third-order valence-electron chi connectivity index (χ3n) is 6.68. The molecule has 1 aromatic carbocycles. The predicted octanol–water partition coefficient (Wildman–Crippen LogP) is 2.96. The normalized spacial score (nSPS) is 29.7. The third kappa shape index (κ3) is 3.07. The van der Waals surface area contributed by atoms with E-state index in [2.05, 4.69) is 19.0 Å². The lowest BCUT2D eigenvalue weighted by Gasteiger charge is -2.28. The van der Waals surface area contributed by atoms with Crippen LogP contribution in [0.2, 0.25) is 0 Å². The van der Waals surface area contributed by atoms with Crippen LogP contribution in [0.4, 0.5) is 0 Å². The van der Waals surface area contributed by atoms with Gasteiger partial charge in [-0.1, -0.05) is 0 Å². The Hall–Kier alpha value is -1.75. The summed E-state index contributed by atoms with van der Waals surface area (Å²) in [5, 5.41) is 0. The molecule has 1 heterocycles. The minimum Gasteiger partial charge on any atom is -0.486 e. The van der Waals surface area contributed by atoms with Crippen LogP contribution >= 0.6 is 0 Å². The Labute approximate surface area is 156 Å². The Bertz CT molecular complexity index is 689. The molecule has 0 aromatic heterocycles. The van der Waals surface area contributed by atoms with Crippen LogP contribution < -0.4 is 9.47 Å². The highest BCUT2D eigenvalue weighted by Gasteiger charge is 2.44. The molecule has 1 aliphatic heterocycles. The monoisotopic (exact) mass is 358 g/mol. The van der Waals surface area contributed by atoms with Gasteiger partial charge in [0.15, 0.2) is 11.5 Å². The topological polar surface area (TPSA) is 42.0 Å².